The maximum absolute atomic E-state index is 5.02. The lowest BCUT2D eigenvalue weighted by Gasteiger charge is -2.13. The average Bonchev–Trinajstić information content (AvgIpc) is 2.59. The van der Waals surface area contributed by atoms with Gasteiger partial charge in [-0.3, -0.25) is 4.98 Å². The van der Waals surface area contributed by atoms with E-state index in [1.165, 1.54) is 44.1 Å². The Kier molecular flexibility index (Phi) is 3.57. The molecule has 0 aliphatic heterocycles. The van der Waals surface area contributed by atoms with E-state index in [1.54, 1.807) is 0 Å². The molecule has 0 aliphatic carbocycles. The molecule has 0 radical (unpaired) electrons. The van der Waals surface area contributed by atoms with Crippen LogP contribution < -0.4 is 4.57 Å². The van der Waals surface area contributed by atoms with Crippen molar-refractivity contribution in [2.45, 2.75) is 27.7 Å². The summed E-state index contributed by atoms with van der Waals surface area (Å²) < 4.78 is 2.22. The standard InChI is InChI=1S/C23H23N2/c1-14-10-11-20-19-9-7-6-8-18(19)17(4)24-23(20)22(14)21-12-15(2)16(3)13-25(21)5/h6-13H,1-5H3/q+1. The van der Waals surface area contributed by atoms with Crippen LogP contribution in [0.4, 0.5) is 0 Å². The molecule has 25 heavy (non-hydrogen) atoms. The van der Waals surface area contributed by atoms with Crippen LogP contribution in [0.3, 0.4) is 0 Å². The summed E-state index contributed by atoms with van der Waals surface area (Å²) in [6, 6.07) is 15.3. The van der Waals surface area contributed by atoms with Crippen molar-refractivity contribution in [1.82, 2.24) is 4.98 Å². The molecule has 4 rings (SSSR count). The van der Waals surface area contributed by atoms with E-state index >= 15 is 0 Å². The van der Waals surface area contributed by atoms with Crippen LogP contribution in [-0.2, 0) is 7.05 Å². The number of benzene rings is 2. The van der Waals surface area contributed by atoms with E-state index < -0.39 is 0 Å². The first kappa shape index (κ1) is 15.8. The highest BCUT2D eigenvalue weighted by atomic mass is 14.9. The van der Waals surface area contributed by atoms with Gasteiger partial charge in [0.1, 0.15) is 7.05 Å². The molecule has 0 spiro atoms. The molecule has 0 unspecified atom stereocenters. The maximum atomic E-state index is 5.02. The van der Waals surface area contributed by atoms with Crippen molar-refractivity contribution in [3.63, 3.8) is 0 Å². The summed E-state index contributed by atoms with van der Waals surface area (Å²) in [6.45, 7) is 8.61. The second-order valence-corrected chi connectivity index (χ2v) is 7.03. The summed E-state index contributed by atoms with van der Waals surface area (Å²) in [7, 11) is 2.12. The first-order chi connectivity index (χ1) is 12.0. The van der Waals surface area contributed by atoms with E-state index in [9.17, 15) is 0 Å². The fourth-order valence-corrected chi connectivity index (χ4v) is 3.74. The monoisotopic (exact) mass is 327 g/mol. The van der Waals surface area contributed by atoms with E-state index in [2.05, 4.69) is 88.0 Å². The van der Waals surface area contributed by atoms with Gasteiger partial charge in [-0.25, -0.2) is 4.57 Å². The average molecular weight is 327 g/mol. The molecule has 2 nitrogen and oxygen atoms in total. The molecule has 0 aliphatic rings. The predicted octanol–water partition coefficient (Wildman–Crippen LogP) is 5.11. The third-order valence-electron chi connectivity index (χ3n) is 5.27. The van der Waals surface area contributed by atoms with Gasteiger partial charge in [-0.1, -0.05) is 36.4 Å². The zero-order valence-electron chi connectivity index (χ0n) is 15.5. The Bertz CT molecular complexity index is 1140. The van der Waals surface area contributed by atoms with Crippen LogP contribution in [0.25, 0.3) is 32.9 Å². The lowest BCUT2D eigenvalue weighted by Crippen LogP contribution is -2.31. The number of fused-ring (bicyclic) bond motifs is 3. The third kappa shape index (κ3) is 2.41. The summed E-state index contributed by atoms with van der Waals surface area (Å²) in [6.07, 6.45) is 2.21. The number of rotatable bonds is 1. The van der Waals surface area contributed by atoms with Gasteiger partial charge in [-0.05, 0) is 44.2 Å². The summed E-state index contributed by atoms with van der Waals surface area (Å²) in [4.78, 5) is 5.02. The Morgan fingerprint density at radius 1 is 0.760 bits per heavy atom. The predicted molar refractivity (Wildman–Crippen MR) is 105 cm³/mol. The largest absolute Gasteiger partial charge is 0.252 e. The minimum absolute atomic E-state index is 1.08. The molecular formula is C23H23N2+. The first-order valence-corrected chi connectivity index (χ1v) is 8.73. The number of hydrogen-bond acceptors (Lipinski definition) is 1. The summed E-state index contributed by atoms with van der Waals surface area (Å²) >= 11 is 0. The van der Waals surface area contributed by atoms with Crippen LogP contribution in [0, 0.1) is 27.7 Å². The SMILES string of the molecule is Cc1cc(-c2c(C)ccc3c2nc(C)c2ccccc23)[n+](C)cc1C. The van der Waals surface area contributed by atoms with Gasteiger partial charge >= 0.3 is 0 Å². The van der Waals surface area contributed by atoms with Gasteiger partial charge < -0.3 is 0 Å². The quantitative estimate of drug-likeness (QED) is 0.350. The van der Waals surface area contributed by atoms with Gasteiger partial charge in [0.2, 0.25) is 5.69 Å². The molecule has 0 atom stereocenters. The topological polar surface area (TPSA) is 16.8 Å². The molecule has 0 bridgehead atoms. The Morgan fingerprint density at radius 2 is 1.48 bits per heavy atom. The van der Waals surface area contributed by atoms with E-state index in [0.29, 0.717) is 0 Å². The highest BCUT2D eigenvalue weighted by Gasteiger charge is 2.19. The molecule has 124 valence electrons. The number of pyridine rings is 2. The molecule has 0 amide bonds. The molecule has 0 fully saturated rings. The number of aromatic nitrogens is 2. The van der Waals surface area contributed by atoms with Gasteiger partial charge in [0, 0.05) is 28.1 Å². The van der Waals surface area contributed by atoms with Crippen LogP contribution in [0.2, 0.25) is 0 Å². The van der Waals surface area contributed by atoms with Crippen molar-refractivity contribution < 1.29 is 4.57 Å². The van der Waals surface area contributed by atoms with E-state index in [1.807, 2.05) is 0 Å². The molecule has 0 saturated heterocycles. The summed E-state index contributed by atoms with van der Waals surface area (Å²) in [5.74, 6) is 0. The highest BCUT2D eigenvalue weighted by molar-refractivity contribution is 6.10. The Balaban J connectivity index is 2.18. The Labute approximate surface area is 148 Å². The maximum Gasteiger partial charge on any atom is 0.215 e. The van der Waals surface area contributed by atoms with Crippen molar-refractivity contribution in [2.75, 3.05) is 0 Å². The van der Waals surface area contributed by atoms with Crippen LogP contribution in [0.1, 0.15) is 22.4 Å². The fraction of sp³-hybridized carbons (Fsp3) is 0.217. The molecule has 0 saturated carbocycles. The Hall–Kier alpha value is -2.74. The van der Waals surface area contributed by atoms with Crippen molar-refractivity contribution in [3.8, 4) is 11.3 Å². The minimum Gasteiger partial charge on any atom is -0.252 e. The molecule has 4 aromatic rings. The number of hydrogen-bond donors (Lipinski definition) is 0. The van der Waals surface area contributed by atoms with Crippen LogP contribution in [-0.4, -0.2) is 4.98 Å². The normalized spacial score (nSPS) is 11.4. The third-order valence-corrected chi connectivity index (χ3v) is 5.27. The van der Waals surface area contributed by atoms with Crippen LogP contribution >= 0.6 is 0 Å². The minimum atomic E-state index is 1.08. The molecule has 2 aromatic heterocycles. The van der Waals surface area contributed by atoms with Crippen LogP contribution in [0.15, 0.2) is 48.7 Å². The first-order valence-electron chi connectivity index (χ1n) is 8.73. The van der Waals surface area contributed by atoms with Gasteiger partial charge in [-0.15, -0.1) is 0 Å². The molecule has 2 aromatic carbocycles. The zero-order chi connectivity index (χ0) is 17.7. The van der Waals surface area contributed by atoms with E-state index in [-0.39, 0.29) is 0 Å². The lowest BCUT2D eigenvalue weighted by molar-refractivity contribution is -0.660. The fourth-order valence-electron chi connectivity index (χ4n) is 3.74. The zero-order valence-corrected chi connectivity index (χ0v) is 15.5. The number of aryl methyl sites for hydroxylation is 5. The molecular weight excluding hydrogens is 304 g/mol. The smallest absolute Gasteiger partial charge is 0.215 e. The number of nitrogens with zero attached hydrogens (tertiary/aromatic N) is 2. The van der Waals surface area contributed by atoms with Gasteiger partial charge in [-0.2, -0.15) is 0 Å². The summed E-state index contributed by atoms with van der Waals surface area (Å²) in [5, 5.41) is 3.73. The van der Waals surface area contributed by atoms with Gasteiger partial charge in [0.15, 0.2) is 6.20 Å². The van der Waals surface area contributed by atoms with Crippen LogP contribution in [0.5, 0.6) is 0 Å². The second kappa shape index (κ2) is 5.66. The highest BCUT2D eigenvalue weighted by Crippen LogP contribution is 2.34. The van der Waals surface area contributed by atoms with E-state index in [0.717, 1.165) is 11.2 Å². The molecule has 2 heteroatoms. The van der Waals surface area contributed by atoms with Gasteiger partial charge in [0.25, 0.3) is 0 Å². The molecule has 0 N–H and O–H groups in total. The van der Waals surface area contributed by atoms with Crippen molar-refractivity contribution in [1.29, 1.82) is 0 Å². The van der Waals surface area contributed by atoms with Crippen molar-refractivity contribution in [3.05, 3.63) is 71.0 Å². The molecule has 2 heterocycles. The van der Waals surface area contributed by atoms with Gasteiger partial charge in [0.05, 0.1) is 11.1 Å². The van der Waals surface area contributed by atoms with Crippen molar-refractivity contribution >= 4 is 21.7 Å². The van der Waals surface area contributed by atoms with E-state index in [4.69, 9.17) is 4.98 Å². The second-order valence-electron chi connectivity index (χ2n) is 7.03. The lowest BCUT2D eigenvalue weighted by atomic mass is 9.95. The summed E-state index contributed by atoms with van der Waals surface area (Å²) in [5.41, 5.74) is 8.50. The Morgan fingerprint density at radius 3 is 2.24 bits per heavy atom. The van der Waals surface area contributed by atoms with Crippen molar-refractivity contribution in [2.24, 2.45) is 7.05 Å².